The lowest BCUT2D eigenvalue weighted by Crippen LogP contribution is -2.38. The first-order valence-electron chi connectivity index (χ1n) is 12.1. The summed E-state index contributed by atoms with van der Waals surface area (Å²) in [5, 5.41) is 3.64. The molecule has 1 N–H and O–H groups in total. The Morgan fingerprint density at radius 3 is 2.59 bits per heavy atom. The molecule has 2 aromatic rings. The highest BCUT2D eigenvalue weighted by Crippen LogP contribution is 2.40. The molecule has 1 heterocycles. The lowest BCUT2D eigenvalue weighted by molar-refractivity contribution is -0.134. The number of nitrogens with one attached hydrogen (secondary N) is 1. The van der Waals surface area contributed by atoms with E-state index in [2.05, 4.69) is 31.1 Å². The molecule has 0 bridgehead atoms. The predicted molar refractivity (Wildman–Crippen MR) is 134 cm³/mol. The van der Waals surface area contributed by atoms with Gasteiger partial charge in [0.2, 0.25) is 5.91 Å². The quantitative estimate of drug-likeness (QED) is 0.557. The Morgan fingerprint density at radius 2 is 1.91 bits per heavy atom. The number of rotatable bonds is 9. The largest absolute Gasteiger partial charge is 0.493 e. The van der Waals surface area contributed by atoms with E-state index in [0.29, 0.717) is 29.1 Å². The van der Waals surface area contributed by atoms with Crippen molar-refractivity contribution in [2.45, 2.75) is 65.3 Å². The molecule has 34 heavy (non-hydrogen) atoms. The summed E-state index contributed by atoms with van der Waals surface area (Å²) >= 11 is 1.60. The van der Waals surface area contributed by atoms with Crippen LogP contribution in [0.1, 0.15) is 57.0 Å². The minimum absolute atomic E-state index is 0.0767. The average molecular weight is 486 g/mol. The standard InChI is InChI=1S/C26H35N3O4S/c1-26(2,3)17-9-12-19-22(15-17)34-25(27-19)28-23(30)13-14-29(18-10-11-18)24(31)16-33-21-8-6-5-7-20(21)32-4/h5-8,17-18H,9-16H2,1-4H3,(H,27,28,30). The van der Waals surface area contributed by atoms with Gasteiger partial charge in [0.15, 0.2) is 23.2 Å². The van der Waals surface area contributed by atoms with Gasteiger partial charge in [-0.3, -0.25) is 9.59 Å². The van der Waals surface area contributed by atoms with E-state index in [9.17, 15) is 9.59 Å². The van der Waals surface area contributed by atoms with E-state index in [0.717, 1.165) is 37.8 Å². The summed E-state index contributed by atoms with van der Waals surface area (Å²) in [7, 11) is 1.57. The second kappa shape index (κ2) is 10.3. The number of benzene rings is 1. The van der Waals surface area contributed by atoms with Crippen molar-refractivity contribution in [2.75, 3.05) is 25.6 Å². The maximum Gasteiger partial charge on any atom is 0.260 e. The molecule has 0 radical (unpaired) electrons. The fraction of sp³-hybridized carbons (Fsp3) is 0.577. The van der Waals surface area contributed by atoms with Gasteiger partial charge in [-0.1, -0.05) is 32.9 Å². The number of aromatic nitrogens is 1. The molecule has 0 saturated heterocycles. The summed E-state index contributed by atoms with van der Waals surface area (Å²) in [6.07, 6.45) is 5.32. The van der Waals surface area contributed by atoms with Crippen molar-refractivity contribution in [3.63, 3.8) is 0 Å². The van der Waals surface area contributed by atoms with Crippen LogP contribution in [0.3, 0.4) is 0 Å². The SMILES string of the molecule is COc1ccccc1OCC(=O)N(CCC(=O)Nc1nc2c(s1)CC(C(C)(C)C)CC2)C1CC1. The Morgan fingerprint density at radius 1 is 1.18 bits per heavy atom. The summed E-state index contributed by atoms with van der Waals surface area (Å²) < 4.78 is 11.0. The number of nitrogens with zero attached hydrogens (tertiary/aromatic N) is 2. The molecule has 0 aliphatic heterocycles. The number of thiazole rings is 1. The molecule has 7 nitrogen and oxygen atoms in total. The lowest BCUT2D eigenvalue weighted by Gasteiger charge is -2.33. The number of para-hydroxylation sites is 2. The predicted octanol–water partition coefficient (Wildman–Crippen LogP) is 4.70. The minimum atomic E-state index is -0.112. The number of aryl methyl sites for hydroxylation is 1. The topological polar surface area (TPSA) is 80.8 Å². The molecule has 1 fully saturated rings. The lowest BCUT2D eigenvalue weighted by atomic mass is 9.73. The van der Waals surface area contributed by atoms with Crippen molar-refractivity contribution in [3.8, 4) is 11.5 Å². The van der Waals surface area contributed by atoms with Gasteiger partial charge in [-0.15, -0.1) is 11.3 Å². The molecule has 1 atom stereocenters. The van der Waals surface area contributed by atoms with Crippen LogP contribution in [0.4, 0.5) is 5.13 Å². The van der Waals surface area contributed by atoms with Crippen molar-refractivity contribution in [2.24, 2.45) is 11.3 Å². The summed E-state index contributed by atoms with van der Waals surface area (Å²) in [6.45, 7) is 7.18. The van der Waals surface area contributed by atoms with Gasteiger partial charge in [0, 0.05) is 23.9 Å². The minimum Gasteiger partial charge on any atom is -0.493 e. The zero-order valence-corrected chi connectivity index (χ0v) is 21.4. The van der Waals surface area contributed by atoms with Crippen molar-refractivity contribution in [3.05, 3.63) is 34.8 Å². The number of carbonyl (C=O) groups excluding carboxylic acids is 2. The van der Waals surface area contributed by atoms with Crippen LogP contribution >= 0.6 is 11.3 Å². The van der Waals surface area contributed by atoms with Crippen molar-refractivity contribution >= 4 is 28.3 Å². The monoisotopic (exact) mass is 485 g/mol. The molecule has 1 unspecified atom stereocenters. The van der Waals surface area contributed by atoms with Gasteiger partial charge in [-0.05, 0) is 55.6 Å². The van der Waals surface area contributed by atoms with Gasteiger partial charge in [-0.2, -0.15) is 0 Å². The number of amides is 2. The molecular weight excluding hydrogens is 450 g/mol. The van der Waals surface area contributed by atoms with Crippen molar-refractivity contribution in [1.82, 2.24) is 9.88 Å². The van der Waals surface area contributed by atoms with Crippen LogP contribution < -0.4 is 14.8 Å². The van der Waals surface area contributed by atoms with E-state index < -0.39 is 0 Å². The normalized spacial score (nSPS) is 17.6. The molecule has 1 saturated carbocycles. The smallest absolute Gasteiger partial charge is 0.260 e. The van der Waals surface area contributed by atoms with Crippen LogP contribution in [0.25, 0.3) is 0 Å². The Hall–Kier alpha value is -2.61. The molecule has 1 aromatic carbocycles. The van der Waals surface area contributed by atoms with E-state index in [1.54, 1.807) is 35.5 Å². The van der Waals surface area contributed by atoms with Gasteiger partial charge in [0.1, 0.15) is 0 Å². The molecule has 8 heteroatoms. The van der Waals surface area contributed by atoms with Crippen LogP contribution in [0, 0.1) is 11.3 Å². The summed E-state index contributed by atoms with van der Waals surface area (Å²) in [6, 6.07) is 7.46. The fourth-order valence-corrected chi connectivity index (χ4v) is 5.53. The number of methoxy groups -OCH3 is 1. The van der Waals surface area contributed by atoms with Gasteiger partial charge < -0.3 is 19.7 Å². The Labute approximate surface area is 205 Å². The summed E-state index contributed by atoms with van der Waals surface area (Å²) in [4.78, 5) is 33.2. The number of carbonyl (C=O) groups is 2. The molecule has 2 amide bonds. The third-order valence-corrected chi connectivity index (χ3v) is 7.75. The maximum absolute atomic E-state index is 12.8. The third-order valence-electron chi connectivity index (χ3n) is 6.72. The summed E-state index contributed by atoms with van der Waals surface area (Å²) in [5.41, 5.74) is 1.41. The average Bonchev–Trinajstić information content (AvgIpc) is 3.55. The van der Waals surface area contributed by atoms with Crippen LogP contribution in [0.15, 0.2) is 24.3 Å². The number of hydrogen-bond acceptors (Lipinski definition) is 6. The van der Waals surface area contributed by atoms with Gasteiger partial charge >= 0.3 is 0 Å². The third kappa shape index (κ3) is 6.09. The number of fused-ring (bicyclic) bond motifs is 1. The molecule has 2 aliphatic rings. The van der Waals surface area contributed by atoms with Crippen molar-refractivity contribution < 1.29 is 19.1 Å². The van der Waals surface area contributed by atoms with E-state index in [1.807, 2.05) is 12.1 Å². The number of hydrogen-bond donors (Lipinski definition) is 1. The van der Waals surface area contributed by atoms with Crippen molar-refractivity contribution in [1.29, 1.82) is 0 Å². The molecular formula is C26H35N3O4S. The number of ether oxygens (including phenoxy) is 2. The Balaban J connectivity index is 1.28. The molecule has 4 rings (SSSR count). The zero-order valence-electron chi connectivity index (χ0n) is 20.6. The highest BCUT2D eigenvalue weighted by Gasteiger charge is 2.33. The second-order valence-electron chi connectivity index (χ2n) is 10.3. The van der Waals surface area contributed by atoms with E-state index >= 15 is 0 Å². The van der Waals surface area contributed by atoms with Crippen LogP contribution in [0.5, 0.6) is 11.5 Å². The van der Waals surface area contributed by atoms with E-state index in [1.165, 1.54) is 4.88 Å². The summed E-state index contributed by atoms with van der Waals surface area (Å²) in [5.74, 6) is 1.54. The molecule has 1 aromatic heterocycles. The first kappa shape index (κ1) is 24.5. The van der Waals surface area contributed by atoms with Crippen LogP contribution in [0.2, 0.25) is 0 Å². The maximum atomic E-state index is 12.8. The van der Waals surface area contributed by atoms with Gasteiger partial charge in [0.05, 0.1) is 12.8 Å². The fourth-order valence-electron chi connectivity index (χ4n) is 4.43. The highest BCUT2D eigenvalue weighted by atomic mass is 32.1. The van der Waals surface area contributed by atoms with E-state index in [4.69, 9.17) is 9.47 Å². The molecule has 184 valence electrons. The first-order chi connectivity index (χ1) is 16.2. The molecule has 0 spiro atoms. The molecule has 2 aliphatic carbocycles. The first-order valence-corrected chi connectivity index (χ1v) is 12.9. The highest BCUT2D eigenvalue weighted by molar-refractivity contribution is 7.15. The van der Waals surface area contributed by atoms with Gasteiger partial charge in [0.25, 0.3) is 5.91 Å². The van der Waals surface area contributed by atoms with E-state index in [-0.39, 0.29) is 36.3 Å². The Bertz CT molecular complexity index is 1030. The van der Waals surface area contributed by atoms with Gasteiger partial charge in [-0.25, -0.2) is 4.98 Å². The number of anilines is 1. The van der Waals surface area contributed by atoms with Crippen LogP contribution in [-0.2, 0) is 22.4 Å². The Kier molecular flexibility index (Phi) is 7.45. The van der Waals surface area contributed by atoms with Crippen LogP contribution in [-0.4, -0.2) is 48.0 Å². The second-order valence-corrected chi connectivity index (χ2v) is 11.3. The zero-order chi connectivity index (χ0) is 24.3.